The van der Waals surface area contributed by atoms with Gasteiger partial charge in [-0.15, -0.1) is 0 Å². The van der Waals surface area contributed by atoms with E-state index in [-0.39, 0.29) is 5.03 Å². The number of nitrogens with one attached hydrogen (secondary N) is 1. The third-order valence-corrected chi connectivity index (χ3v) is 5.19. The molecule has 0 aliphatic carbocycles. The van der Waals surface area contributed by atoms with Crippen LogP contribution in [-0.2, 0) is 10.0 Å². The molecule has 2 rings (SSSR count). The second-order valence-electron chi connectivity index (χ2n) is 4.31. The summed E-state index contributed by atoms with van der Waals surface area (Å²) in [5.74, 6) is 0.408. The number of rotatable bonds is 6. The molecule has 2 heterocycles. The van der Waals surface area contributed by atoms with Crippen LogP contribution in [0.3, 0.4) is 0 Å². The molecule has 0 spiro atoms. The number of aromatic nitrogens is 2. The Morgan fingerprint density at radius 1 is 1.25 bits per heavy atom. The van der Waals surface area contributed by atoms with Crippen molar-refractivity contribution < 1.29 is 8.42 Å². The summed E-state index contributed by atoms with van der Waals surface area (Å²) in [5, 5.41) is 3.24. The average Bonchev–Trinajstić information content (AvgIpc) is 2.78. The second-order valence-corrected chi connectivity index (χ2v) is 6.17. The Morgan fingerprint density at radius 3 is 2.55 bits per heavy atom. The zero-order chi connectivity index (χ0) is 14.8. The third kappa shape index (κ3) is 2.38. The van der Waals surface area contributed by atoms with Crippen LogP contribution in [0, 0.1) is 0 Å². The van der Waals surface area contributed by atoms with Crippen molar-refractivity contribution in [1.82, 2.24) is 13.7 Å². The zero-order valence-electron chi connectivity index (χ0n) is 12.0. The summed E-state index contributed by atoms with van der Waals surface area (Å²) in [6.45, 7) is 7.06. The van der Waals surface area contributed by atoms with Gasteiger partial charge in [-0.1, -0.05) is 19.9 Å². The van der Waals surface area contributed by atoms with Gasteiger partial charge in [0.2, 0.25) is 0 Å². The zero-order valence-corrected chi connectivity index (χ0v) is 12.8. The topological polar surface area (TPSA) is 66.7 Å². The van der Waals surface area contributed by atoms with Gasteiger partial charge >= 0.3 is 0 Å². The lowest BCUT2D eigenvalue weighted by Crippen LogP contribution is -2.32. The molecule has 0 unspecified atom stereocenters. The average molecular weight is 296 g/mol. The van der Waals surface area contributed by atoms with E-state index in [0.29, 0.717) is 31.1 Å². The Hall–Kier alpha value is -1.60. The number of imidazole rings is 1. The molecule has 0 radical (unpaired) electrons. The summed E-state index contributed by atoms with van der Waals surface area (Å²) in [6.07, 6.45) is 1.72. The van der Waals surface area contributed by atoms with Gasteiger partial charge in [-0.05, 0) is 19.1 Å². The number of nitrogens with zero attached hydrogens (tertiary/aromatic N) is 3. The van der Waals surface area contributed by atoms with Crippen molar-refractivity contribution in [1.29, 1.82) is 0 Å². The molecule has 0 saturated heterocycles. The normalized spacial score (nSPS) is 12.2. The standard InChI is InChI=1S/C13H20N4O2S/c1-4-14-12-13(20(18,19)16(5-2)6-3)17-10-8-7-9-11(17)15-12/h7-10,14H,4-6H2,1-3H3. The van der Waals surface area contributed by atoms with Crippen molar-refractivity contribution in [2.75, 3.05) is 25.0 Å². The van der Waals surface area contributed by atoms with E-state index in [1.807, 2.05) is 26.8 Å². The molecule has 7 heteroatoms. The van der Waals surface area contributed by atoms with Crippen LogP contribution in [0.5, 0.6) is 0 Å². The predicted octanol–water partition coefficient (Wildman–Crippen LogP) is 1.80. The van der Waals surface area contributed by atoms with Crippen molar-refractivity contribution in [2.45, 2.75) is 25.8 Å². The summed E-state index contributed by atoms with van der Waals surface area (Å²) in [7, 11) is -3.57. The highest BCUT2D eigenvalue weighted by Gasteiger charge is 2.29. The third-order valence-electron chi connectivity index (χ3n) is 3.12. The van der Waals surface area contributed by atoms with Crippen LogP contribution in [-0.4, -0.2) is 41.7 Å². The highest BCUT2D eigenvalue weighted by atomic mass is 32.2. The largest absolute Gasteiger partial charge is 0.368 e. The van der Waals surface area contributed by atoms with Crippen LogP contribution >= 0.6 is 0 Å². The first-order chi connectivity index (χ1) is 9.56. The van der Waals surface area contributed by atoms with E-state index >= 15 is 0 Å². The minimum Gasteiger partial charge on any atom is -0.368 e. The van der Waals surface area contributed by atoms with Gasteiger partial charge in [0.05, 0.1) is 0 Å². The van der Waals surface area contributed by atoms with Gasteiger partial charge < -0.3 is 5.32 Å². The number of pyridine rings is 1. The summed E-state index contributed by atoms with van der Waals surface area (Å²) in [6, 6.07) is 5.43. The quantitative estimate of drug-likeness (QED) is 0.882. The van der Waals surface area contributed by atoms with Crippen molar-refractivity contribution in [3.8, 4) is 0 Å². The summed E-state index contributed by atoms with van der Waals surface area (Å²) in [5.41, 5.74) is 0.620. The molecule has 20 heavy (non-hydrogen) atoms. The predicted molar refractivity (Wildman–Crippen MR) is 79.5 cm³/mol. The maximum absolute atomic E-state index is 12.8. The van der Waals surface area contributed by atoms with Crippen molar-refractivity contribution in [3.05, 3.63) is 24.4 Å². The second kappa shape index (κ2) is 5.80. The van der Waals surface area contributed by atoms with E-state index in [0.717, 1.165) is 0 Å². The van der Waals surface area contributed by atoms with Gasteiger partial charge in [-0.25, -0.2) is 13.4 Å². The first-order valence-corrected chi connectivity index (χ1v) is 8.21. The van der Waals surface area contributed by atoms with Crippen LogP contribution < -0.4 is 5.32 Å². The van der Waals surface area contributed by atoms with Gasteiger partial charge in [0.25, 0.3) is 10.0 Å². The molecule has 0 bridgehead atoms. The van der Waals surface area contributed by atoms with Crippen LogP contribution in [0.4, 0.5) is 5.82 Å². The van der Waals surface area contributed by atoms with Gasteiger partial charge in [0, 0.05) is 25.8 Å². The number of fused-ring (bicyclic) bond motifs is 1. The molecule has 0 saturated carbocycles. The SMILES string of the molecule is CCNc1nc2ccccn2c1S(=O)(=O)N(CC)CC. The molecule has 0 amide bonds. The van der Waals surface area contributed by atoms with E-state index in [4.69, 9.17) is 0 Å². The van der Waals surface area contributed by atoms with Gasteiger partial charge in [-0.2, -0.15) is 4.31 Å². The molecule has 1 N–H and O–H groups in total. The molecule has 0 atom stereocenters. The first-order valence-electron chi connectivity index (χ1n) is 6.77. The Bertz CT molecular complexity index is 689. The van der Waals surface area contributed by atoms with Gasteiger partial charge in [-0.3, -0.25) is 4.40 Å². The Labute approximate surface area is 119 Å². The molecule has 6 nitrogen and oxygen atoms in total. The van der Waals surface area contributed by atoms with Crippen LogP contribution in [0.25, 0.3) is 5.65 Å². The Balaban J connectivity index is 2.71. The molecule has 0 aliphatic heterocycles. The lowest BCUT2D eigenvalue weighted by molar-refractivity contribution is 0.442. The maximum atomic E-state index is 12.8. The van der Waals surface area contributed by atoms with Crippen LogP contribution in [0.15, 0.2) is 29.4 Å². The summed E-state index contributed by atoms with van der Waals surface area (Å²) >= 11 is 0. The molecule has 2 aromatic rings. The Morgan fingerprint density at radius 2 is 1.95 bits per heavy atom. The number of anilines is 1. The van der Waals surface area contributed by atoms with E-state index in [9.17, 15) is 8.42 Å². The minimum atomic E-state index is -3.57. The smallest absolute Gasteiger partial charge is 0.262 e. The van der Waals surface area contributed by atoms with Crippen LogP contribution in [0.2, 0.25) is 0 Å². The molecular formula is C13H20N4O2S. The molecule has 0 aliphatic rings. The highest BCUT2D eigenvalue weighted by molar-refractivity contribution is 7.89. The molecular weight excluding hydrogens is 276 g/mol. The van der Waals surface area contributed by atoms with Gasteiger partial charge in [0.1, 0.15) is 5.65 Å². The van der Waals surface area contributed by atoms with Gasteiger partial charge in [0.15, 0.2) is 10.8 Å². The summed E-state index contributed by atoms with van der Waals surface area (Å²) in [4.78, 5) is 4.37. The maximum Gasteiger partial charge on any atom is 0.262 e. The molecule has 110 valence electrons. The molecule has 2 aromatic heterocycles. The number of hydrogen-bond acceptors (Lipinski definition) is 4. The number of sulfonamides is 1. The van der Waals surface area contributed by atoms with Crippen molar-refractivity contribution >= 4 is 21.5 Å². The monoisotopic (exact) mass is 296 g/mol. The van der Waals surface area contributed by atoms with Crippen molar-refractivity contribution in [2.24, 2.45) is 0 Å². The van der Waals surface area contributed by atoms with Crippen LogP contribution in [0.1, 0.15) is 20.8 Å². The van der Waals surface area contributed by atoms with E-state index < -0.39 is 10.0 Å². The fraction of sp³-hybridized carbons (Fsp3) is 0.462. The minimum absolute atomic E-state index is 0.207. The van der Waals surface area contributed by atoms with E-state index in [1.54, 1.807) is 22.7 Å². The molecule has 0 fully saturated rings. The summed E-state index contributed by atoms with van der Waals surface area (Å²) < 4.78 is 28.6. The first kappa shape index (κ1) is 14.8. The fourth-order valence-corrected chi connectivity index (χ4v) is 3.88. The van der Waals surface area contributed by atoms with E-state index in [2.05, 4.69) is 10.3 Å². The number of hydrogen-bond donors (Lipinski definition) is 1. The lowest BCUT2D eigenvalue weighted by atomic mass is 10.5. The molecule has 0 aromatic carbocycles. The van der Waals surface area contributed by atoms with Crippen molar-refractivity contribution in [3.63, 3.8) is 0 Å². The van der Waals surface area contributed by atoms with E-state index in [1.165, 1.54) is 4.31 Å². The fourth-order valence-electron chi connectivity index (χ4n) is 2.19. The Kier molecular flexibility index (Phi) is 4.29. The highest BCUT2D eigenvalue weighted by Crippen LogP contribution is 2.25. The lowest BCUT2D eigenvalue weighted by Gasteiger charge is -2.18.